The maximum Gasteiger partial charge on any atom is 0.138 e. The van der Waals surface area contributed by atoms with E-state index >= 15 is 0 Å². The number of carbonyl (C=O) groups excluding carboxylic acids is 1. The summed E-state index contributed by atoms with van der Waals surface area (Å²) in [6.07, 6.45) is 2.19. The van der Waals surface area contributed by atoms with Crippen molar-refractivity contribution in [2.45, 2.75) is 31.3 Å². The van der Waals surface area contributed by atoms with Gasteiger partial charge in [0.15, 0.2) is 0 Å². The third-order valence-corrected chi connectivity index (χ3v) is 4.20. The molecule has 2 heteroatoms. The predicted molar refractivity (Wildman–Crippen MR) is 61.0 cm³/mol. The van der Waals surface area contributed by atoms with E-state index in [-0.39, 0.29) is 17.6 Å². The van der Waals surface area contributed by atoms with Gasteiger partial charge in [-0.25, -0.2) is 0 Å². The minimum atomic E-state index is -0.456. The van der Waals surface area contributed by atoms with Crippen molar-refractivity contribution < 1.29 is 9.90 Å². The highest BCUT2D eigenvalue weighted by Crippen LogP contribution is 2.47. The van der Waals surface area contributed by atoms with Gasteiger partial charge in [-0.05, 0) is 24.3 Å². The van der Waals surface area contributed by atoms with Gasteiger partial charge in [-0.15, -0.1) is 0 Å². The van der Waals surface area contributed by atoms with Crippen molar-refractivity contribution in [3.63, 3.8) is 0 Å². The SMILES string of the molecule is O=C1C[C@@H]2CC[C@H]1[C@H](O)[C@H]2c1ccccc1. The number of hydrogen-bond donors (Lipinski definition) is 1. The molecule has 0 saturated heterocycles. The van der Waals surface area contributed by atoms with Crippen LogP contribution in [-0.2, 0) is 4.79 Å². The predicted octanol–water partition coefficient (Wildman–Crippen LogP) is 2.13. The van der Waals surface area contributed by atoms with E-state index in [0.29, 0.717) is 12.3 Å². The average molecular weight is 216 g/mol. The fourth-order valence-corrected chi connectivity index (χ4v) is 3.41. The fourth-order valence-electron chi connectivity index (χ4n) is 3.41. The van der Waals surface area contributed by atoms with E-state index in [4.69, 9.17) is 0 Å². The Morgan fingerprint density at radius 2 is 1.88 bits per heavy atom. The number of Topliss-reactive ketones (excluding diaryl/α,β-unsaturated/α-hetero) is 1. The molecule has 2 nitrogen and oxygen atoms in total. The molecule has 0 unspecified atom stereocenters. The molecule has 4 atom stereocenters. The van der Waals surface area contributed by atoms with Gasteiger partial charge in [0.2, 0.25) is 0 Å². The van der Waals surface area contributed by atoms with Crippen molar-refractivity contribution in [1.29, 1.82) is 0 Å². The number of benzene rings is 1. The van der Waals surface area contributed by atoms with Gasteiger partial charge in [0, 0.05) is 18.3 Å². The highest BCUT2D eigenvalue weighted by molar-refractivity contribution is 5.84. The van der Waals surface area contributed by atoms with Crippen molar-refractivity contribution in [1.82, 2.24) is 0 Å². The van der Waals surface area contributed by atoms with Crippen molar-refractivity contribution >= 4 is 5.78 Å². The fraction of sp³-hybridized carbons (Fsp3) is 0.500. The lowest BCUT2D eigenvalue weighted by molar-refractivity contribution is -0.138. The molecule has 0 heterocycles. The first-order chi connectivity index (χ1) is 7.77. The number of fused-ring (bicyclic) bond motifs is 3. The van der Waals surface area contributed by atoms with E-state index in [9.17, 15) is 9.90 Å². The third-order valence-electron chi connectivity index (χ3n) is 4.20. The van der Waals surface area contributed by atoms with Gasteiger partial charge in [0.05, 0.1) is 6.10 Å². The van der Waals surface area contributed by atoms with E-state index in [1.54, 1.807) is 0 Å². The van der Waals surface area contributed by atoms with E-state index < -0.39 is 6.10 Å². The molecule has 0 aromatic heterocycles. The van der Waals surface area contributed by atoms with E-state index in [1.807, 2.05) is 18.2 Å². The molecule has 3 fully saturated rings. The van der Waals surface area contributed by atoms with Crippen molar-refractivity contribution in [2.24, 2.45) is 11.8 Å². The number of rotatable bonds is 1. The zero-order valence-electron chi connectivity index (χ0n) is 9.17. The highest BCUT2D eigenvalue weighted by Gasteiger charge is 2.47. The first kappa shape index (κ1) is 10.0. The quantitative estimate of drug-likeness (QED) is 0.780. The molecule has 0 radical (unpaired) electrons. The van der Waals surface area contributed by atoms with Crippen LogP contribution in [-0.4, -0.2) is 17.0 Å². The minimum absolute atomic E-state index is 0.102. The molecule has 0 aliphatic heterocycles. The summed E-state index contributed by atoms with van der Waals surface area (Å²) in [7, 11) is 0. The van der Waals surface area contributed by atoms with Crippen molar-refractivity contribution in [3.05, 3.63) is 35.9 Å². The van der Waals surface area contributed by atoms with Crippen LogP contribution < -0.4 is 0 Å². The minimum Gasteiger partial charge on any atom is -0.392 e. The molecule has 1 aromatic carbocycles. The van der Waals surface area contributed by atoms with Crippen LogP contribution in [0, 0.1) is 11.8 Å². The van der Waals surface area contributed by atoms with Crippen molar-refractivity contribution in [3.8, 4) is 0 Å². The maximum atomic E-state index is 11.7. The molecule has 1 aromatic rings. The molecule has 3 aliphatic carbocycles. The number of ketones is 1. The number of aliphatic hydroxyl groups is 1. The molecule has 0 amide bonds. The van der Waals surface area contributed by atoms with Crippen LogP contribution in [0.4, 0.5) is 0 Å². The number of aliphatic hydroxyl groups excluding tert-OH is 1. The van der Waals surface area contributed by atoms with Gasteiger partial charge in [0.25, 0.3) is 0 Å². The second-order valence-electron chi connectivity index (χ2n) is 5.04. The summed E-state index contributed by atoms with van der Waals surface area (Å²) in [5.74, 6) is 0.707. The Balaban J connectivity index is 1.95. The summed E-state index contributed by atoms with van der Waals surface area (Å²) in [6, 6.07) is 10.1. The number of hydrogen-bond acceptors (Lipinski definition) is 2. The summed E-state index contributed by atoms with van der Waals surface area (Å²) < 4.78 is 0. The number of carbonyl (C=O) groups is 1. The Labute approximate surface area is 95.3 Å². The lowest BCUT2D eigenvalue weighted by Crippen LogP contribution is -2.47. The smallest absolute Gasteiger partial charge is 0.138 e. The second kappa shape index (κ2) is 3.70. The van der Waals surface area contributed by atoms with E-state index in [2.05, 4.69) is 12.1 Å². The van der Waals surface area contributed by atoms with Crippen LogP contribution >= 0.6 is 0 Å². The summed E-state index contributed by atoms with van der Waals surface area (Å²) in [5.41, 5.74) is 1.19. The molecular formula is C14H16O2. The lowest BCUT2D eigenvalue weighted by Gasteiger charge is -2.45. The summed E-state index contributed by atoms with van der Waals surface area (Å²) in [5, 5.41) is 10.3. The molecule has 0 spiro atoms. The van der Waals surface area contributed by atoms with Gasteiger partial charge in [-0.2, -0.15) is 0 Å². The largest absolute Gasteiger partial charge is 0.392 e. The van der Waals surface area contributed by atoms with Crippen LogP contribution in [0.1, 0.15) is 30.7 Å². The maximum absolute atomic E-state index is 11.7. The van der Waals surface area contributed by atoms with Crippen molar-refractivity contribution in [2.75, 3.05) is 0 Å². The summed E-state index contributed by atoms with van der Waals surface area (Å²) in [6.45, 7) is 0. The summed E-state index contributed by atoms with van der Waals surface area (Å²) >= 11 is 0. The van der Waals surface area contributed by atoms with Crippen LogP contribution in [0.3, 0.4) is 0 Å². The van der Waals surface area contributed by atoms with Gasteiger partial charge in [0.1, 0.15) is 5.78 Å². The molecule has 1 N–H and O–H groups in total. The van der Waals surface area contributed by atoms with Crippen LogP contribution in [0.2, 0.25) is 0 Å². The Hall–Kier alpha value is -1.15. The van der Waals surface area contributed by atoms with Gasteiger partial charge < -0.3 is 5.11 Å². The molecule has 3 saturated carbocycles. The zero-order valence-corrected chi connectivity index (χ0v) is 9.17. The zero-order chi connectivity index (χ0) is 11.1. The monoisotopic (exact) mass is 216 g/mol. The molecule has 84 valence electrons. The van der Waals surface area contributed by atoms with Gasteiger partial charge in [-0.1, -0.05) is 30.3 Å². The van der Waals surface area contributed by atoms with Crippen LogP contribution in [0.5, 0.6) is 0 Å². The Morgan fingerprint density at radius 1 is 1.12 bits per heavy atom. The summed E-state index contributed by atoms with van der Waals surface area (Å²) in [4.78, 5) is 11.7. The standard InChI is InChI=1S/C14H16O2/c15-12-8-10-6-7-11(12)14(16)13(10)9-4-2-1-3-5-9/h1-5,10-11,13-14,16H,6-8H2/t10-,11+,13-,14-/m0/s1. The van der Waals surface area contributed by atoms with E-state index in [0.717, 1.165) is 12.8 Å². The average Bonchev–Trinajstić information content (AvgIpc) is 2.30. The molecular weight excluding hydrogens is 200 g/mol. The van der Waals surface area contributed by atoms with Gasteiger partial charge >= 0.3 is 0 Å². The van der Waals surface area contributed by atoms with Crippen LogP contribution in [0.25, 0.3) is 0 Å². The Morgan fingerprint density at radius 3 is 2.50 bits per heavy atom. The lowest BCUT2D eigenvalue weighted by atomic mass is 9.60. The first-order valence-electron chi connectivity index (χ1n) is 6.03. The first-order valence-corrected chi connectivity index (χ1v) is 6.03. The second-order valence-corrected chi connectivity index (χ2v) is 5.04. The molecule has 2 bridgehead atoms. The highest BCUT2D eigenvalue weighted by atomic mass is 16.3. The molecule has 4 rings (SSSR count). The van der Waals surface area contributed by atoms with E-state index in [1.165, 1.54) is 5.56 Å². The molecule has 3 aliphatic rings. The van der Waals surface area contributed by atoms with Gasteiger partial charge in [-0.3, -0.25) is 4.79 Å². The molecule has 16 heavy (non-hydrogen) atoms. The third kappa shape index (κ3) is 1.40. The van der Waals surface area contributed by atoms with Crippen LogP contribution in [0.15, 0.2) is 30.3 Å². The normalized spacial score (nSPS) is 37.7. The topological polar surface area (TPSA) is 37.3 Å². The Kier molecular flexibility index (Phi) is 2.32. The Bertz CT molecular complexity index is 396.